The molecule has 6 heteroatoms. The van der Waals surface area contributed by atoms with Crippen LogP contribution in [0.2, 0.25) is 0 Å². The Morgan fingerprint density at radius 1 is 1.35 bits per heavy atom. The van der Waals surface area contributed by atoms with Crippen molar-refractivity contribution < 1.29 is 4.74 Å². The standard InChI is InChI=1S/C14H25N5O/c1-9-8-19(6-7-20-9)12-10(2)11(18-15)16-13(17-12)14(3,4)5/h9H,6-8,15H2,1-5H3,(H,16,17,18). The van der Waals surface area contributed by atoms with Gasteiger partial charge in [-0.3, -0.25) is 0 Å². The van der Waals surface area contributed by atoms with Gasteiger partial charge in [-0.25, -0.2) is 15.8 Å². The highest BCUT2D eigenvalue weighted by molar-refractivity contribution is 5.58. The van der Waals surface area contributed by atoms with Crippen LogP contribution < -0.4 is 16.2 Å². The minimum Gasteiger partial charge on any atom is -0.375 e. The zero-order chi connectivity index (χ0) is 14.9. The van der Waals surface area contributed by atoms with Crippen molar-refractivity contribution in [2.75, 3.05) is 30.0 Å². The molecule has 0 spiro atoms. The molecule has 6 nitrogen and oxygen atoms in total. The van der Waals surface area contributed by atoms with Gasteiger partial charge >= 0.3 is 0 Å². The van der Waals surface area contributed by atoms with Crippen molar-refractivity contribution in [1.82, 2.24) is 9.97 Å². The van der Waals surface area contributed by atoms with Crippen LogP contribution in [0.15, 0.2) is 0 Å². The number of nitrogens with one attached hydrogen (secondary N) is 1. The zero-order valence-corrected chi connectivity index (χ0v) is 13.0. The first-order valence-corrected chi connectivity index (χ1v) is 7.05. The third kappa shape index (κ3) is 3.02. The number of hydrogen-bond donors (Lipinski definition) is 2. The van der Waals surface area contributed by atoms with Crippen molar-refractivity contribution in [2.24, 2.45) is 5.84 Å². The zero-order valence-electron chi connectivity index (χ0n) is 13.0. The SMILES string of the molecule is Cc1c(NN)nc(C(C)(C)C)nc1N1CCOC(C)C1. The van der Waals surface area contributed by atoms with E-state index in [0.29, 0.717) is 5.82 Å². The van der Waals surface area contributed by atoms with Crippen LogP contribution in [-0.2, 0) is 10.2 Å². The van der Waals surface area contributed by atoms with Crippen molar-refractivity contribution in [1.29, 1.82) is 0 Å². The molecule has 0 amide bonds. The van der Waals surface area contributed by atoms with Crippen molar-refractivity contribution in [2.45, 2.75) is 46.1 Å². The number of anilines is 2. The monoisotopic (exact) mass is 279 g/mol. The lowest BCUT2D eigenvalue weighted by atomic mass is 9.95. The third-order valence-corrected chi connectivity index (χ3v) is 3.47. The second kappa shape index (κ2) is 5.54. The van der Waals surface area contributed by atoms with Crippen LogP contribution in [0.3, 0.4) is 0 Å². The molecular formula is C14H25N5O. The highest BCUT2D eigenvalue weighted by Crippen LogP contribution is 2.28. The van der Waals surface area contributed by atoms with Crippen LogP contribution >= 0.6 is 0 Å². The fraction of sp³-hybridized carbons (Fsp3) is 0.714. The first-order valence-electron chi connectivity index (χ1n) is 7.05. The molecule has 0 aliphatic carbocycles. The van der Waals surface area contributed by atoms with Crippen molar-refractivity contribution in [3.63, 3.8) is 0 Å². The maximum atomic E-state index is 5.61. The number of ether oxygens (including phenoxy) is 1. The van der Waals surface area contributed by atoms with Crippen LogP contribution in [0.25, 0.3) is 0 Å². The highest BCUT2D eigenvalue weighted by Gasteiger charge is 2.25. The lowest BCUT2D eigenvalue weighted by molar-refractivity contribution is 0.0528. The summed E-state index contributed by atoms with van der Waals surface area (Å²) in [6.45, 7) is 12.8. The highest BCUT2D eigenvalue weighted by atomic mass is 16.5. The summed E-state index contributed by atoms with van der Waals surface area (Å²) in [7, 11) is 0. The Kier molecular flexibility index (Phi) is 4.15. The van der Waals surface area contributed by atoms with Gasteiger partial charge in [0, 0.05) is 24.1 Å². The minimum absolute atomic E-state index is 0.119. The molecule has 0 radical (unpaired) electrons. The smallest absolute Gasteiger partial charge is 0.148 e. The summed E-state index contributed by atoms with van der Waals surface area (Å²) in [6.07, 6.45) is 0.213. The summed E-state index contributed by atoms with van der Waals surface area (Å²) < 4.78 is 5.60. The van der Waals surface area contributed by atoms with Crippen molar-refractivity contribution in [3.05, 3.63) is 11.4 Å². The number of nitrogen functional groups attached to an aromatic ring is 1. The van der Waals surface area contributed by atoms with Gasteiger partial charge in [-0.05, 0) is 13.8 Å². The van der Waals surface area contributed by atoms with E-state index in [1.54, 1.807) is 0 Å². The van der Waals surface area contributed by atoms with E-state index < -0.39 is 0 Å². The molecule has 1 aromatic rings. The first-order chi connectivity index (χ1) is 9.32. The number of hydrazine groups is 1. The fourth-order valence-corrected chi connectivity index (χ4v) is 2.30. The molecule has 1 aliphatic heterocycles. The average molecular weight is 279 g/mol. The maximum absolute atomic E-state index is 5.61. The molecule has 1 aliphatic rings. The summed E-state index contributed by atoms with van der Waals surface area (Å²) in [6, 6.07) is 0. The molecule has 112 valence electrons. The third-order valence-electron chi connectivity index (χ3n) is 3.47. The quantitative estimate of drug-likeness (QED) is 0.632. The average Bonchev–Trinajstić information content (AvgIpc) is 2.37. The Bertz CT molecular complexity index is 483. The molecule has 1 unspecified atom stereocenters. The minimum atomic E-state index is -0.119. The second-order valence-corrected chi connectivity index (χ2v) is 6.37. The van der Waals surface area contributed by atoms with Gasteiger partial charge in [0.25, 0.3) is 0 Å². The summed E-state index contributed by atoms with van der Waals surface area (Å²) in [5, 5.41) is 0. The molecule has 0 aromatic carbocycles. The van der Waals surface area contributed by atoms with Gasteiger partial charge in [-0.2, -0.15) is 0 Å². The summed E-state index contributed by atoms with van der Waals surface area (Å²) >= 11 is 0. The van der Waals surface area contributed by atoms with E-state index in [9.17, 15) is 0 Å². The first kappa shape index (κ1) is 15.0. The van der Waals surface area contributed by atoms with Gasteiger partial charge in [0.1, 0.15) is 17.5 Å². The van der Waals surface area contributed by atoms with Gasteiger partial charge in [0.15, 0.2) is 0 Å². The topological polar surface area (TPSA) is 76.3 Å². The Morgan fingerprint density at radius 2 is 2.05 bits per heavy atom. The van der Waals surface area contributed by atoms with Crippen LogP contribution in [0.4, 0.5) is 11.6 Å². The van der Waals surface area contributed by atoms with Gasteiger partial charge in [0.05, 0.1) is 12.7 Å². The number of morpholine rings is 1. The molecule has 0 bridgehead atoms. The van der Waals surface area contributed by atoms with Crippen molar-refractivity contribution >= 4 is 11.6 Å². The van der Waals surface area contributed by atoms with Gasteiger partial charge in [-0.15, -0.1) is 0 Å². The van der Waals surface area contributed by atoms with Crippen molar-refractivity contribution in [3.8, 4) is 0 Å². The van der Waals surface area contributed by atoms with Gasteiger partial charge < -0.3 is 15.1 Å². The molecule has 1 atom stereocenters. The van der Waals surface area contributed by atoms with E-state index in [4.69, 9.17) is 15.6 Å². The van der Waals surface area contributed by atoms with E-state index in [2.05, 4.69) is 43.0 Å². The summed E-state index contributed by atoms with van der Waals surface area (Å²) in [4.78, 5) is 11.6. The normalized spacial score (nSPS) is 20.1. The number of aromatic nitrogens is 2. The summed E-state index contributed by atoms with van der Waals surface area (Å²) in [5.41, 5.74) is 3.55. The molecule has 20 heavy (non-hydrogen) atoms. The lowest BCUT2D eigenvalue weighted by Gasteiger charge is -2.34. The summed E-state index contributed by atoms with van der Waals surface area (Å²) in [5.74, 6) is 8.05. The molecular weight excluding hydrogens is 254 g/mol. The van der Waals surface area contributed by atoms with E-state index in [1.807, 2.05) is 6.92 Å². The lowest BCUT2D eigenvalue weighted by Crippen LogP contribution is -2.42. The molecule has 1 fully saturated rings. The van der Waals surface area contributed by atoms with Gasteiger partial charge in [-0.1, -0.05) is 20.8 Å². The largest absolute Gasteiger partial charge is 0.375 e. The Balaban J connectivity index is 2.45. The van der Waals surface area contributed by atoms with Crippen LogP contribution in [0.5, 0.6) is 0 Å². The van der Waals surface area contributed by atoms with Crippen LogP contribution in [0.1, 0.15) is 39.1 Å². The predicted molar refractivity (Wildman–Crippen MR) is 80.9 cm³/mol. The Hall–Kier alpha value is -1.40. The fourth-order valence-electron chi connectivity index (χ4n) is 2.30. The van der Waals surface area contributed by atoms with E-state index in [-0.39, 0.29) is 11.5 Å². The molecule has 1 aromatic heterocycles. The van der Waals surface area contributed by atoms with E-state index in [0.717, 1.165) is 36.9 Å². The molecule has 2 heterocycles. The number of rotatable bonds is 2. The Morgan fingerprint density at radius 3 is 2.60 bits per heavy atom. The predicted octanol–water partition coefficient (Wildman–Crippen LogP) is 1.59. The molecule has 0 saturated carbocycles. The molecule has 2 rings (SSSR count). The van der Waals surface area contributed by atoms with E-state index in [1.165, 1.54) is 0 Å². The van der Waals surface area contributed by atoms with Crippen LogP contribution in [0, 0.1) is 6.92 Å². The van der Waals surface area contributed by atoms with E-state index >= 15 is 0 Å². The van der Waals surface area contributed by atoms with Gasteiger partial charge in [0.2, 0.25) is 0 Å². The number of nitrogens with two attached hydrogens (primary N) is 1. The molecule has 3 N–H and O–H groups in total. The molecule has 1 saturated heterocycles. The second-order valence-electron chi connectivity index (χ2n) is 6.37. The number of hydrogen-bond acceptors (Lipinski definition) is 6. The maximum Gasteiger partial charge on any atom is 0.148 e. The number of nitrogens with zero attached hydrogens (tertiary/aromatic N) is 3. The van der Waals surface area contributed by atoms with Crippen LogP contribution in [-0.4, -0.2) is 35.8 Å². The Labute approximate surface area is 120 Å².